The number of hydrogen-bond donors (Lipinski definition) is 1. The Morgan fingerprint density at radius 3 is 2.71 bits per heavy atom. The molecule has 2 atom stereocenters. The van der Waals surface area contributed by atoms with Crippen LogP contribution in [0.5, 0.6) is 0 Å². The summed E-state index contributed by atoms with van der Waals surface area (Å²) in [6, 6.07) is 8.40. The van der Waals surface area contributed by atoms with Gasteiger partial charge < -0.3 is 14.7 Å². The second-order valence-electron chi connectivity index (χ2n) is 6.31. The van der Waals surface area contributed by atoms with Gasteiger partial charge in [-0.05, 0) is 43.4 Å². The number of aliphatic hydroxyl groups excluding tert-OH is 1. The summed E-state index contributed by atoms with van der Waals surface area (Å²) in [6.45, 7) is 5.65. The van der Waals surface area contributed by atoms with Gasteiger partial charge in [-0.15, -0.1) is 0 Å². The van der Waals surface area contributed by atoms with Gasteiger partial charge in [-0.2, -0.15) is 0 Å². The Bertz CT molecular complexity index is 398. The first-order chi connectivity index (χ1) is 10.2. The first-order valence-corrected chi connectivity index (χ1v) is 8.22. The maximum atomic E-state index is 10.4. The maximum absolute atomic E-state index is 10.4. The zero-order valence-electron chi connectivity index (χ0n) is 13.4. The lowest BCUT2D eigenvalue weighted by Gasteiger charge is -2.28. The highest BCUT2D eigenvalue weighted by molar-refractivity contribution is 5.24. The Kier molecular flexibility index (Phi) is 6.68. The summed E-state index contributed by atoms with van der Waals surface area (Å²) in [5.41, 5.74) is 2.36. The van der Waals surface area contributed by atoms with Gasteiger partial charge in [0.25, 0.3) is 0 Å². The van der Waals surface area contributed by atoms with Gasteiger partial charge in [-0.25, -0.2) is 0 Å². The van der Waals surface area contributed by atoms with Crippen molar-refractivity contribution in [1.29, 1.82) is 0 Å². The minimum atomic E-state index is -0.407. The van der Waals surface area contributed by atoms with Crippen LogP contribution in [0.2, 0.25) is 0 Å². The fraction of sp³-hybridized carbons (Fsp3) is 0.667. The zero-order chi connectivity index (χ0) is 15.1. The Labute approximate surface area is 128 Å². The highest BCUT2D eigenvalue weighted by Crippen LogP contribution is 2.18. The highest BCUT2D eigenvalue weighted by atomic mass is 16.5. The number of benzene rings is 1. The average Bonchev–Trinajstić information content (AvgIpc) is 2.49. The van der Waals surface area contributed by atoms with Crippen molar-refractivity contribution in [3.8, 4) is 0 Å². The summed E-state index contributed by atoms with van der Waals surface area (Å²) in [5.74, 6) is 0.614. The number of nitrogens with zero attached hydrogens (tertiary/aromatic N) is 1. The third-order valence-electron chi connectivity index (χ3n) is 4.21. The minimum Gasteiger partial charge on any atom is -0.387 e. The molecule has 0 amide bonds. The molecule has 1 N–H and O–H groups in total. The molecule has 118 valence electrons. The zero-order valence-corrected chi connectivity index (χ0v) is 13.4. The summed E-state index contributed by atoms with van der Waals surface area (Å²) in [4.78, 5) is 2.23. The second-order valence-corrected chi connectivity index (χ2v) is 6.31. The molecule has 3 nitrogen and oxygen atoms in total. The molecule has 0 aliphatic carbocycles. The number of likely N-dealkylation sites (N-methyl/N-ethyl adjacent to an activating group) is 1. The van der Waals surface area contributed by atoms with Gasteiger partial charge in [0.1, 0.15) is 0 Å². The van der Waals surface area contributed by atoms with Crippen molar-refractivity contribution in [3.05, 3.63) is 35.4 Å². The highest BCUT2D eigenvalue weighted by Gasteiger charge is 2.18. The summed E-state index contributed by atoms with van der Waals surface area (Å²) in [6.07, 6.45) is 4.27. The first-order valence-electron chi connectivity index (χ1n) is 8.22. The standard InChI is InChI=1S/C18H29NO2/c1-3-5-15-7-9-17(10-8-15)18(20)13-19(2)12-16-6-4-11-21-14-16/h7-10,16,18,20H,3-6,11-14H2,1-2H3. The van der Waals surface area contributed by atoms with E-state index in [1.54, 1.807) is 0 Å². The Morgan fingerprint density at radius 2 is 2.10 bits per heavy atom. The lowest BCUT2D eigenvalue weighted by atomic mass is 10.0. The van der Waals surface area contributed by atoms with Crippen LogP contribution in [-0.4, -0.2) is 43.4 Å². The number of rotatable bonds is 7. The molecular formula is C18H29NO2. The van der Waals surface area contributed by atoms with Gasteiger partial charge >= 0.3 is 0 Å². The van der Waals surface area contributed by atoms with Crippen molar-refractivity contribution in [2.24, 2.45) is 5.92 Å². The van der Waals surface area contributed by atoms with Crippen LogP contribution in [0.25, 0.3) is 0 Å². The molecule has 1 aliphatic rings. The summed E-state index contributed by atoms with van der Waals surface area (Å²) in [5, 5.41) is 10.4. The normalized spacial score (nSPS) is 20.7. The van der Waals surface area contributed by atoms with Gasteiger partial charge in [0, 0.05) is 19.7 Å². The van der Waals surface area contributed by atoms with E-state index in [9.17, 15) is 5.11 Å². The quantitative estimate of drug-likeness (QED) is 0.838. The molecule has 0 saturated carbocycles. The van der Waals surface area contributed by atoms with Gasteiger partial charge in [0.2, 0.25) is 0 Å². The fourth-order valence-electron chi connectivity index (χ4n) is 3.06. The first kappa shape index (κ1) is 16.5. The van der Waals surface area contributed by atoms with Crippen molar-refractivity contribution >= 4 is 0 Å². The van der Waals surface area contributed by atoms with E-state index in [1.807, 2.05) is 0 Å². The Balaban J connectivity index is 1.80. The molecule has 2 rings (SSSR count). The second kappa shape index (κ2) is 8.52. The Morgan fingerprint density at radius 1 is 1.33 bits per heavy atom. The molecule has 1 aromatic carbocycles. The molecule has 1 heterocycles. The van der Waals surface area contributed by atoms with Gasteiger partial charge in [-0.3, -0.25) is 0 Å². The van der Waals surface area contributed by atoms with Crippen LogP contribution in [0, 0.1) is 5.92 Å². The van der Waals surface area contributed by atoms with Crippen molar-refractivity contribution in [2.75, 3.05) is 33.4 Å². The molecule has 1 fully saturated rings. The summed E-state index contributed by atoms with van der Waals surface area (Å²) >= 11 is 0. The molecule has 0 radical (unpaired) electrons. The smallest absolute Gasteiger partial charge is 0.0916 e. The van der Waals surface area contributed by atoms with Crippen molar-refractivity contribution in [2.45, 2.75) is 38.7 Å². The number of ether oxygens (including phenoxy) is 1. The number of hydrogen-bond acceptors (Lipinski definition) is 3. The topological polar surface area (TPSA) is 32.7 Å². The van der Waals surface area contributed by atoms with E-state index in [2.05, 4.69) is 43.1 Å². The van der Waals surface area contributed by atoms with E-state index < -0.39 is 6.10 Å². The van der Waals surface area contributed by atoms with Crippen LogP contribution in [-0.2, 0) is 11.2 Å². The van der Waals surface area contributed by atoms with Gasteiger partial charge in [0.15, 0.2) is 0 Å². The largest absolute Gasteiger partial charge is 0.387 e. The molecular weight excluding hydrogens is 262 g/mol. The van der Waals surface area contributed by atoms with Crippen LogP contribution in [0.15, 0.2) is 24.3 Å². The van der Waals surface area contributed by atoms with Crippen molar-refractivity contribution in [1.82, 2.24) is 4.90 Å². The van der Waals surface area contributed by atoms with E-state index in [1.165, 1.54) is 18.4 Å². The van der Waals surface area contributed by atoms with E-state index in [4.69, 9.17) is 4.74 Å². The fourth-order valence-corrected chi connectivity index (χ4v) is 3.06. The molecule has 3 heteroatoms. The minimum absolute atomic E-state index is 0.407. The van der Waals surface area contributed by atoms with Gasteiger partial charge in [-0.1, -0.05) is 37.6 Å². The van der Waals surface area contributed by atoms with E-state index in [-0.39, 0.29) is 0 Å². The van der Waals surface area contributed by atoms with Crippen LogP contribution >= 0.6 is 0 Å². The summed E-state index contributed by atoms with van der Waals surface area (Å²) in [7, 11) is 2.09. The monoisotopic (exact) mass is 291 g/mol. The van der Waals surface area contributed by atoms with Crippen LogP contribution in [0.4, 0.5) is 0 Å². The van der Waals surface area contributed by atoms with E-state index in [0.717, 1.165) is 38.2 Å². The number of aryl methyl sites for hydroxylation is 1. The van der Waals surface area contributed by atoms with Gasteiger partial charge in [0.05, 0.1) is 12.7 Å². The van der Waals surface area contributed by atoms with Crippen LogP contribution in [0.3, 0.4) is 0 Å². The lowest BCUT2D eigenvalue weighted by Crippen LogP contribution is -2.33. The molecule has 1 aromatic rings. The average molecular weight is 291 g/mol. The molecule has 0 bridgehead atoms. The third kappa shape index (κ3) is 5.42. The van der Waals surface area contributed by atoms with E-state index in [0.29, 0.717) is 12.5 Å². The maximum Gasteiger partial charge on any atom is 0.0916 e. The molecule has 1 aliphatic heterocycles. The third-order valence-corrected chi connectivity index (χ3v) is 4.21. The molecule has 2 unspecified atom stereocenters. The predicted molar refractivity (Wildman–Crippen MR) is 86.4 cm³/mol. The Hall–Kier alpha value is -0.900. The van der Waals surface area contributed by atoms with Crippen LogP contribution in [0.1, 0.15) is 43.4 Å². The van der Waals surface area contributed by atoms with Crippen molar-refractivity contribution in [3.63, 3.8) is 0 Å². The lowest BCUT2D eigenvalue weighted by molar-refractivity contribution is 0.0342. The van der Waals surface area contributed by atoms with Crippen molar-refractivity contribution < 1.29 is 9.84 Å². The summed E-state index contributed by atoms with van der Waals surface area (Å²) < 4.78 is 5.52. The number of aliphatic hydroxyl groups is 1. The molecule has 21 heavy (non-hydrogen) atoms. The molecule has 0 aromatic heterocycles. The SMILES string of the molecule is CCCc1ccc(C(O)CN(C)CC2CCCOC2)cc1. The predicted octanol–water partition coefficient (Wildman–Crippen LogP) is 3.03. The van der Waals surface area contributed by atoms with Crippen LogP contribution < -0.4 is 0 Å². The molecule has 1 saturated heterocycles. The molecule has 0 spiro atoms. The van der Waals surface area contributed by atoms with E-state index >= 15 is 0 Å².